The number of aromatic nitrogens is 1. The molecule has 14 heavy (non-hydrogen) atoms. The van der Waals surface area contributed by atoms with Crippen LogP contribution >= 0.6 is 11.3 Å². The molecule has 2 rings (SSSR count). The molecule has 1 aromatic rings. The van der Waals surface area contributed by atoms with Gasteiger partial charge in [0.1, 0.15) is 0 Å². The summed E-state index contributed by atoms with van der Waals surface area (Å²) in [6.07, 6.45) is 1.75. The molecule has 0 atom stereocenters. The SMILES string of the molecule is O=C1CN(Cc2cncs2)CC(=O)N1. The highest BCUT2D eigenvalue weighted by molar-refractivity contribution is 7.09. The number of carbonyl (C=O) groups excluding carboxylic acids is 2. The van der Waals surface area contributed by atoms with E-state index in [1.165, 1.54) is 11.3 Å². The van der Waals surface area contributed by atoms with Gasteiger partial charge in [0.05, 0.1) is 18.6 Å². The topological polar surface area (TPSA) is 62.3 Å². The van der Waals surface area contributed by atoms with Crippen LogP contribution in [-0.4, -0.2) is 34.8 Å². The number of piperazine rings is 1. The van der Waals surface area contributed by atoms with Gasteiger partial charge in [-0.25, -0.2) is 0 Å². The van der Waals surface area contributed by atoms with E-state index in [1.54, 1.807) is 16.6 Å². The molecule has 0 saturated carbocycles. The minimum absolute atomic E-state index is 0.231. The zero-order chi connectivity index (χ0) is 9.97. The van der Waals surface area contributed by atoms with E-state index in [4.69, 9.17) is 0 Å². The largest absolute Gasteiger partial charge is 0.294 e. The number of carbonyl (C=O) groups is 2. The minimum atomic E-state index is -0.231. The van der Waals surface area contributed by atoms with Gasteiger partial charge >= 0.3 is 0 Å². The average molecular weight is 211 g/mol. The van der Waals surface area contributed by atoms with Crippen LogP contribution in [0.25, 0.3) is 0 Å². The van der Waals surface area contributed by atoms with Gasteiger partial charge in [-0.3, -0.25) is 24.8 Å². The van der Waals surface area contributed by atoms with Crippen molar-refractivity contribution in [1.82, 2.24) is 15.2 Å². The third kappa shape index (κ3) is 2.15. The zero-order valence-corrected chi connectivity index (χ0v) is 8.21. The first kappa shape index (κ1) is 9.29. The fourth-order valence-electron chi connectivity index (χ4n) is 1.35. The molecule has 0 unspecified atom stereocenters. The van der Waals surface area contributed by atoms with E-state index in [2.05, 4.69) is 10.3 Å². The number of thiazole rings is 1. The second kappa shape index (κ2) is 3.85. The van der Waals surface area contributed by atoms with Crippen LogP contribution in [0.2, 0.25) is 0 Å². The van der Waals surface area contributed by atoms with Crippen LogP contribution in [0.1, 0.15) is 4.88 Å². The van der Waals surface area contributed by atoms with Gasteiger partial charge in [-0.05, 0) is 0 Å². The van der Waals surface area contributed by atoms with Gasteiger partial charge in [0.2, 0.25) is 11.8 Å². The molecule has 0 spiro atoms. The fraction of sp³-hybridized carbons (Fsp3) is 0.375. The molecule has 6 heteroatoms. The Hall–Kier alpha value is -1.27. The Balaban J connectivity index is 1.98. The number of nitrogens with one attached hydrogen (secondary N) is 1. The van der Waals surface area contributed by atoms with Crippen molar-refractivity contribution in [2.75, 3.05) is 13.1 Å². The zero-order valence-electron chi connectivity index (χ0n) is 7.40. The van der Waals surface area contributed by atoms with Crippen LogP contribution in [0.4, 0.5) is 0 Å². The lowest BCUT2D eigenvalue weighted by Crippen LogP contribution is -2.50. The van der Waals surface area contributed by atoms with Crippen LogP contribution in [-0.2, 0) is 16.1 Å². The summed E-state index contributed by atoms with van der Waals surface area (Å²) in [5.74, 6) is -0.462. The summed E-state index contributed by atoms with van der Waals surface area (Å²) in [6.45, 7) is 1.18. The van der Waals surface area contributed by atoms with E-state index >= 15 is 0 Å². The van der Waals surface area contributed by atoms with E-state index < -0.39 is 0 Å². The first-order valence-electron chi connectivity index (χ1n) is 4.16. The highest BCUT2D eigenvalue weighted by Crippen LogP contribution is 2.09. The summed E-state index contributed by atoms with van der Waals surface area (Å²) in [7, 11) is 0. The number of nitrogens with zero attached hydrogens (tertiary/aromatic N) is 2. The lowest BCUT2D eigenvalue weighted by Gasteiger charge is -2.24. The molecule has 1 aromatic heterocycles. The highest BCUT2D eigenvalue weighted by Gasteiger charge is 2.22. The molecule has 0 aromatic carbocycles. The van der Waals surface area contributed by atoms with E-state index in [9.17, 15) is 9.59 Å². The summed E-state index contributed by atoms with van der Waals surface area (Å²) in [5, 5.41) is 2.26. The van der Waals surface area contributed by atoms with Crippen LogP contribution in [0.15, 0.2) is 11.7 Å². The Morgan fingerprint density at radius 1 is 1.43 bits per heavy atom. The van der Waals surface area contributed by atoms with Crippen molar-refractivity contribution in [3.8, 4) is 0 Å². The fourth-order valence-corrected chi connectivity index (χ4v) is 1.98. The summed E-state index contributed by atoms with van der Waals surface area (Å²) >= 11 is 1.52. The third-order valence-corrected chi connectivity index (χ3v) is 2.64. The van der Waals surface area contributed by atoms with Crippen molar-refractivity contribution < 1.29 is 9.59 Å². The van der Waals surface area contributed by atoms with E-state index in [0.29, 0.717) is 6.54 Å². The molecule has 5 nitrogen and oxygen atoms in total. The molecular formula is C8H9N3O2S. The quantitative estimate of drug-likeness (QED) is 0.676. The second-order valence-corrected chi connectivity index (χ2v) is 4.06. The normalized spacial score (nSPS) is 18.3. The summed E-state index contributed by atoms with van der Waals surface area (Å²) in [4.78, 5) is 28.8. The molecule has 2 amide bonds. The first-order valence-corrected chi connectivity index (χ1v) is 5.04. The average Bonchev–Trinajstić information content (AvgIpc) is 2.54. The first-order chi connectivity index (χ1) is 6.74. The Labute approximate surface area is 84.7 Å². The molecule has 0 aliphatic carbocycles. The van der Waals surface area contributed by atoms with Gasteiger partial charge in [-0.15, -0.1) is 11.3 Å². The van der Waals surface area contributed by atoms with Gasteiger partial charge in [0.25, 0.3) is 0 Å². The summed E-state index contributed by atoms with van der Waals surface area (Å²) in [6, 6.07) is 0. The van der Waals surface area contributed by atoms with Gasteiger partial charge < -0.3 is 0 Å². The minimum Gasteiger partial charge on any atom is -0.294 e. The molecule has 1 N–H and O–H groups in total. The predicted octanol–water partition coefficient (Wildman–Crippen LogP) is -0.399. The molecule has 1 saturated heterocycles. The number of hydrogen-bond acceptors (Lipinski definition) is 5. The molecule has 1 aliphatic rings. The lowest BCUT2D eigenvalue weighted by atomic mass is 10.3. The second-order valence-electron chi connectivity index (χ2n) is 3.08. The van der Waals surface area contributed by atoms with Crippen LogP contribution in [0, 0.1) is 0 Å². The Morgan fingerprint density at radius 2 is 2.14 bits per heavy atom. The van der Waals surface area contributed by atoms with Gasteiger partial charge in [0, 0.05) is 17.6 Å². The van der Waals surface area contributed by atoms with Gasteiger partial charge in [-0.1, -0.05) is 0 Å². The van der Waals surface area contributed by atoms with Crippen LogP contribution < -0.4 is 5.32 Å². The van der Waals surface area contributed by atoms with E-state index in [1.807, 2.05) is 0 Å². The van der Waals surface area contributed by atoms with Crippen molar-refractivity contribution >= 4 is 23.2 Å². The molecule has 1 aliphatic heterocycles. The van der Waals surface area contributed by atoms with Crippen molar-refractivity contribution in [3.63, 3.8) is 0 Å². The summed E-state index contributed by atoms with van der Waals surface area (Å²) < 4.78 is 0. The standard InChI is InChI=1S/C8H9N3O2S/c12-7-3-11(4-8(13)10-7)2-6-1-9-5-14-6/h1,5H,2-4H2,(H,10,12,13). The number of imide groups is 1. The van der Waals surface area contributed by atoms with Crippen LogP contribution in [0.5, 0.6) is 0 Å². The van der Waals surface area contributed by atoms with E-state index in [0.717, 1.165) is 4.88 Å². The molecule has 0 bridgehead atoms. The van der Waals surface area contributed by atoms with Crippen LogP contribution in [0.3, 0.4) is 0 Å². The summed E-state index contributed by atoms with van der Waals surface area (Å²) in [5.41, 5.74) is 1.74. The molecule has 1 fully saturated rings. The van der Waals surface area contributed by atoms with Crippen molar-refractivity contribution in [3.05, 3.63) is 16.6 Å². The Morgan fingerprint density at radius 3 is 2.71 bits per heavy atom. The molecule has 74 valence electrons. The van der Waals surface area contributed by atoms with Crippen molar-refractivity contribution in [2.45, 2.75) is 6.54 Å². The van der Waals surface area contributed by atoms with E-state index in [-0.39, 0.29) is 24.9 Å². The maximum atomic E-state index is 11.0. The molecule has 2 heterocycles. The molecule has 0 radical (unpaired) electrons. The smallest absolute Gasteiger partial charge is 0.240 e. The Bertz CT molecular complexity index is 333. The number of rotatable bonds is 2. The van der Waals surface area contributed by atoms with Crippen molar-refractivity contribution in [1.29, 1.82) is 0 Å². The monoisotopic (exact) mass is 211 g/mol. The van der Waals surface area contributed by atoms with Crippen molar-refractivity contribution in [2.24, 2.45) is 0 Å². The third-order valence-electron chi connectivity index (χ3n) is 1.88. The highest BCUT2D eigenvalue weighted by atomic mass is 32.1. The number of hydrogen-bond donors (Lipinski definition) is 1. The maximum absolute atomic E-state index is 11.0. The van der Waals surface area contributed by atoms with Gasteiger partial charge in [-0.2, -0.15) is 0 Å². The lowest BCUT2D eigenvalue weighted by molar-refractivity contribution is -0.136. The predicted molar refractivity (Wildman–Crippen MR) is 50.5 cm³/mol. The maximum Gasteiger partial charge on any atom is 0.240 e. The van der Waals surface area contributed by atoms with Gasteiger partial charge in [0.15, 0.2) is 0 Å². The Kier molecular flexibility index (Phi) is 2.55. The molecular weight excluding hydrogens is 202 g/mol. The number of amides is 2.